The second kappa shape index (κ2) is 4.55. The van der Waals surface area contributed by atoms with Crippen molar-refractivity contribution in [2.75, 3.05) is 17.6 Å². The maximum absolute atomic E-state index is 5.76. The van der Waals surface area contributed by atoms with Crippen molar-refractivity contribution in [2.24, 2.45) is 0 Å². The minimum Gasteiger partial charge on any atom is -0.398 e. The highest BCUT2D eigenvalue weighted by Crippen LogP contribution is 2.16. The van der Waals surface area contributed by atoms with Crippen molar-refractivity contribution in [1.29, 1.82) is 0 Å². The van der Waals surface area contributed by atoms with E-state index in [-0.39, 0.29) is 0 Å². The molecule has 3 N–H and O–H groups in total. The van der Waals surface area contributed by atoms with Crippen LogP contribution in [0.15, 0.2) is 30.9 Å². The molecule has 0 aromatic heterocycles. The fourth-order valence-electron chi connectivity index (χ4n) is 1.07. The van der Waals surface area contributed by atoms with Crippen molar-refractivity contribution in [2.45, 2.75) is 13.3 Å². The average Bonchev–Trinajstić information content (AvgIpc) is 2.12. The molecule has 0 aliphatic heterocycles. The summed E-state index contributed by atoms with van der Waals surface area (Å²) in [5.41, 5.74) is 8.80. The summed E-state index contributed by atoms with van der Waals surface area (Å²) < 4.78 is 0. The number of rotatable bonds is 4. The van der Waals surface area contributed by atoms with E-state index in [1.54, 1.807) is 0 Å². The van der Waals surface area contributed by atoms with Gasteiger partial charge >= 0.3 is 0 Å². The molecule has 0 amide bonds. The first-order chi connectivity index (χ1) is 6.24. The first-order valence-corrected chi connectivity index (χ1v) is 4.45. The monoisotopic (exact) mass is 176 g/mol. The second-order valence-corrected chi connectivity index (χ2v) is 3.08. The molecule has 1 aromatic carbocycles. The van der Waals surface area contributed by atoms with Crippen LogP contribution >= 0.6 is 0 Å². The standard InChI is InChI=1S/C11H16N2/c1-3-4-7-13-10-6-5-9(2)11(12)8-10/h3,5-6,8,13H,1,4,7,12H2,2H3. The van der Waals surface area contributed by atoms with Gasteiger partial charge in [0, 0.05) is 17.9 Å². The van der Waals surface area contributed by atoms with E-state index >= 15 is 0 Å². The van der Waals surface area contributed by atoms with Gasteiger partial charge in [0.25, 0.3) is 0 Å². The number of hydrogen-bond acceptors (Lipinski definition) is 2. The zero-order valence-corrected chi connectivity index (χ0v) is 8.01. The van der Waals surface area contributed by atoms with Crippen LogP contribution in [0.2, 0.25) is 0 Å². The molecule has 70 valence electrons. The summed E-state index contributed by atoms with van der Waals surface area (Å²) in [7, 11) is 0. The van der Waals surface area contributed by atoms with Crippen LogP contribution in [-0.4, -0.2) is 6.54 Å². The van der Waals surface area contributed by atoms with Gasteiger partial charge in [0.15, 0.2) is 0 Å². The van der Waals surface area contributed by atoms with Gasteiger partial charge in [-0.05, 0) is 31.0 Å². The Balaban J connectivity index is 2.57. The molecule has 0 aliphatic carbocycles. The van der Waals surface area contributed by atoms with E-state index in [9.17, 15) is 0 Å². The number of nitrogens with one attached hydrogen (secondary N) is 1. The summed E-state index contributed by atoms with van der Waals surface area (Å²) in [6.45, 7) is 6.57. The van der Waals surface area contributed by atoms with Crippen LogP contribution in [0.25, 0.3) is 0 Å². The zero-order valence-electron chi connectivity index (χ0n) is 8.01. The number of aryl methyl sites for hydroxylation is 1. The quantitative estimate of drug-likeness (QED) is 0.420. The third-order valence-electron chi connectivity index (χ3n) is 1.96. The first kappa shape index (κ1) is 9.65. The minimum atomic E-state index is 0.837. The Morgan fingerprint density at radius 3 is 2.92 bits per heavy atom. The van der Waals surface area contributed by atoms with Gasteiger partial charge in [-0.15, -0.1) is 6.58 Å². The van der Waals surface area contributed by atoms with E-state index in [4.69, 9.17) is 5.73 Å². The first-order valence-electron chi connectivity index (χ1n) is 4.45. The van der Waals surface area contributed by atoms with Crippen LogP contribution in [0, 0.1) is 6.92 Å². The second-order valence-electron chi connectivity index (χ2n) is 3.08. The Bertz CT molecular complexity index is 292. The van der Waals surface area contributed by atoms with Crippen molar-refractivity contribution in [3.63, 3.8) is 0 Å². The van der Waals surface area contributed by atoms with Gasteiger partial charge in [0.05, 0.1) is 0 Å². The van der Waals surface area contributed by atoms with Gasteiger partial charge in [-0.3, -0.25) is 0 Å². The normalized spacial score (nSPS) is 9.62. The molecule has 1 rings (SSSR count). The SMILES string of the molecule is C=CCCNc1ccc(C)c(N)c1. The summed E-state index contributed by atoms with van der Waals surface area (Å²) in [5, 5.41) is 3.26. The van der Waals surface area contributed by atoms with E-state index in [1.165, 1.54) is 0 Å². The average molecular weight is 176 g/mol. The summed E-state index contributed by atoms with van der Waals surface area (Å²) in [5.74, 6) is 0. The molecule has 0 unspecified atom stereocenters. The Labute approximate surface area is 79.5 Å². The summed E-state index contributed by atoms with van der Waals surface area (Å²) >= 11 is 0. The number of hydrogen-bond donors (Lipinski definition) is 2. The van der Waals surface area contributed by atoms with E-state index in [2.05, 4.69) is 11.9 Å². The Morgan fingerprint density at radius 2 is 2.31 bits per heavy atom. The Kier molecular flexibility index (Phi) is 3.38. The highest BCUT2D eigenvalue weighted by Gasteiger charge is 1.94. The molecular weight excluding hydrogens is 160 g/mol. The summed E-state index contributed by atoms with van der Waals surface area (Å²) in [6.07, 6.45) is 2.86. The maximum atomic E-state index is 5.76. The fraction of sp³-hybridized carbons (Fsp3) is 0.273. The molecule has 2 heteroatoms. The number of nitrogen functional groups attached to an aromatic ring is 1. The fourth-order valence-corrected chi connectivity index (χ4v) is 1.07. The number of anilines is 2. The lowest BCUT2D eigenvalue weighted by molar-refractivity contribution is 1.07. The van der Waals surface area contributed by atoms with Crippen LogP contribution in [0.3, 0.4) is 0 Å². The third kappa shape index (κ3) is 2.82. The Morgan fingerprint density at radius 1 is 1.54 bits per heavy atom. The molecule has 2 nitrogen and oxygen atoms in total. The number of nitrogens with two attached hydrogens (primary N) is 1. The topological polar surface area (TPSA) is 38.0 Å². The van der Waals surface area contributed by atoms with Gasteiger partial charge in [-0.25, -0.2) is 0 Å². The largest absolute Gasteiger partial charge is 0.398 e. The van der Waals surface area contributed by atoms with Gasteiger partial charge in [-0.2, -0.15) is 0 Å². The van der Waals surface area contributed by atoms with Crippen LogP contribution in [-0.2, 0) is 0 Å². The van der Waals surface area contributed by atoms with Crippen molar-refractivity contribution in [3.8, 4) is 0 Å². The third-order valence-corrected chi connectivity index (χ3v) is 1.96. The van der Waals surface area contributed by atoms with Gasteiger partial charge in [0.1, 0.15) is 0 Å². The zero-order chi connectivity index (χ0) is 9.68. The lowest BCUT2D eigenvalue weighted by Gasteiger charge is -2.06. The van der Waals surface area contributed by atoms with E-state index in [1.807, 2.05) is 31.2 Å². The summed E-state index contributed by atoms with van der Waals surface area (Å²) in [6, 6.07) is 6.01. The predicted molar refractivity (Wildman–Crippen MR) is 58.9 cm³/mol. The molecule has 0 aliphatic rings. The van der Waals surface area contributed by atoms with Gasteiger partial charge in [-0.1, -0.05) is 12.1 Å². The van der Waals surface area contributed by atoms with Crippen LogP contribution in [0.4, 0.5) is 11.4 Å². The van der Waals surface area contributed by atoms with E-state index < -0.39 is 0 Å². The molecule has 0 heterocycles. The molecule has 0 fully saturated rings. The highest BCUT2D eigenvalue weighted by atomic mass is 14.9. The van der Waals surface area contributed by atoms with Crippen molar-refractivity contribution in [3.05, 3.63) is 36.4 Å². The molecule has 0 spiro atoms. The molecule has 0 radical (unpaired) electrons. The van der Waals surface area contributed by atoms with Crippen LogP contribution in [0.1, 0.15) is 12.0 Å². The van der Waals surface area contributed by atoms with Gasteiger partial charge in [0.2, 0.25) is 0 Å². The van der Waals surface area contributed by atoms with Gasteiger partial charge < -0.3 is 11.1 Å². The molecule has 13 heavy (non-hydrogen) atoms. The molecule has 0 bridgehead atoms. The molecule has 0 saturated heterocycles. The van der Waals surface area contributed by atoms with Crippen molar-refractivity contribution >= 4 is 11.4 Å². The maximum Gasteiger partial charge on any atom is 0.0364 e. The molecular formula is C11H16N2. The van der Waals surface area contributed by atoms with Crippen LogP contribution < -0.4 is 11.1 Å². The predicted octanol–water partition coefficient (Wildman–Crippen LogP) is 2.57. The highest BCUT2D eigenvalue weighted by molar-refractivity contribution is 5.58. The number of benzene rings is 1. The van der Waals surface area contributed by atoms with E-state index in [0.29, 0.717) is 0 Å². The molecule has 0 saturated carbocycles. The van der Waals surface area contributed by atoms with Crippen molar-refractivity contribution < 1.29 is 0 Å². The summed E-state index contributed by atoms with van der Waals surface area (Å²) in [4.78, 5) is 0. The Hall–Kier alpha value is -1.44. The lowest BCUT2D eigenvalue weighted by Crippen LogP contribution is -2.01. The minimum absolute atomic E-state index is 0.837. The molecule has 1 aromatic rings. The lowest BCUT2D eigenvalue weighted by atomic mass is 10.2. The van der Waals surface area contributed by atoms with Crippen LogP contribution in [0.5, 0.6) is 0 Å². The smallest absolute Gasteiger partial charge is 0.0364 e. The molecule has 0 atom stereocenters. The van der Waals surface area contributed by atoms with Crippen molar-refractivity contribution in [1.82, 2.24) is 0 Å². The van der Waals surface area contributed by atoms with E-state index in [0.717, 1.165) is 29.9 Å².